The minimum absolute atomic E-state index is 0.143. The van der Waals surface area contributed by atoms with E-state index in [1.54, 1.807) is 18.5 Å². The molecule has 42 heavy (non-hydrogen) atoms. The SMILES string of the molecule is COC(=O)[C@H](Cc1cn(Cc2ccccc2)cn1)NC(=O)C1CCN(c2cccc(COc3ccc(F)cc3)c2)CC1. The molecule has 2 heterocycles. The zero-order chi connectivity index (χ0) is 29.3. The largest absolute Gasteiger partial charge is 0.489 e. The Morgan fingerprint density at radius 3 is 2.48 bits per heavy atom. The van der Waals surface area contributed by atoms with Crippen LogP contribution in [-0.4, -0.2) is 47.7 Å². The van der Waals surface area contributed by atoms with Crippen molar-refractivity contribution in [2.45, 2.75) is 38.5 Å². The number of imidazole rings is 1. The minimum atomic E-state index is -0.807. The molecule has 0 bridgehead atoms. The number of rotatable bonds is 11. The van der Waals surface area contributed by atoms with Crippen LogP contribution in [0.2, 0.25) is 0 Å². The fourth-order valence-corrected chi connectivity index (χ4v) is 5.17. The van der Waals surface area contributed by atoms with Crippen LogP contribution >= 0.6 is 0 Å². The van der Waals surface area contributed by atoms with E-state index < -0.39 is 12.0 Å². The van der Waals surface area contributed by atoms with Crippen molar-refractivity contribution in [1.29, 1.82) is 0 Å². The van der Waals surface area contributed by atoms with Gasteiger partial charge in [-0.3, -0.25) is 4.79 Å². The van der Waals surface area contributed by atoms with E-state index in [-0.39, 0.29) is 24.1 Å². The lowest BCUT2D eigenvalue weighted by molar-refractivity contribution is -0.145. The van der Waals surface area contributed by atoms with Gasteiger partial charge in [0.2, 0.25) is 5.91 Å². The van der Waals surface area contributed by atoms with Crippen molar-refractivity contribution < 1.29 is 23.5 Å². The van der Waals surface area contributed by atoms with E-state index in [0.29, 0.717) is 50.5 Å². The Bertz CT molecular complexity index is 1470. The molecule has 0 radical (unpaired) electrons. The number of benzene rings is 3. The van der Waals surface area contributed by atoms with Crippen molar-refractivity contribution in [1.82, 2.24) is 14.9 Å². The Hall–Kier alpha value is -4.66. The molecule has 5 rings (SSSR count). The summed E-state index contributed by atoms with van der Waals surface area (Å²) >= 11 is 0. The van der Waals surface area contributed by atoms with Crippen molar-refractivity contribution in [3.05, 3.63) is 114 Å². The summed E-state index contributed by atoms with van der Waals surface area (Å²) in [7, 11) is 1.33. The molecule has 0 saturated carbocycles. The molecule has 1 aliphatic rings. The summed E-state index contributed by atoms with van der Waals surface area (Å²) in [6, 6.07) is 23.3. The molecule has 1 atom stereocenters. The lowest BCUT2D eigenvalue weighted by Gasteiger charge is -2.33. The van der Waals surface area contributed by atoms with Crippen LogP contribution in [0.1, 0.15) is 29.7 Å². The van der Waals surface area contributed by atoms with Crippen molar-refractivity contribution >= 4 is 17.6 Å². The molecule has 4 aromatic rings. The number of piperidine rings is 1. The van der Waals surface area contributed by atoms with E-state index in [1.807, 2.05) is 59.3 Å². The molecule has 1 fully saturated rings. The Morgan fingerprint density at radius 2 is 1.74 bits per heavy atom. The Balaban J connectivity index is 1.13. The third-order valence-electron chi connectivity index (χ3n) is 7.47. The summed E-state index contributed by atoms with van der Waals surface area (Å²) in [6.07, 6.45) is 5.22. The van der Waals surface area contributed by atoms with E-state index in [4.69, 9.17) is 9.47 Å². The third-order valence-corrected chi connectivity index (χ3v) is 7.47. The number of ether oxygens (including phenoxy) is 2. The number of amides is 1. The Morgan fingerprint density at radius 1 is 1.00 bits per heavy atom. The molecule has 3 aromatic carbocycles. The number of hydrogen-bond donors (Lipinski definition) is 1. The predicted molar refractivity (Wildman–Crippen MR) is 158 cm³/mol. The minimum Gasteiger partial charge on any atom is -0.489 e. The van der Waals surface area contributed by atoms with Gasteiger partial charge in [0.05, 0.1) is 19.1 Å². The predicted octanol–water partition coefficient (Wildman–Crippen LogP) is 4.77. The molecule has 218 valence electrons. The van der Waals surface area contributed by atoms with Gasteiger partial charge in [-0.15, -0.1) is 0 Å². The smallest absolute Gasteiger partial charge is 0.328 e. The first kappa shape index (κ1) is 28.9. The van der Waals surface area contributed by atoms with Crippen LogP contribution in [0.3, 0.4) is 0 Å². The van der Waals surface area contributed by atoms with E-state index in [9.17, 15) is 14.0 Å². The van der Waals surface area contributed by atoms with Gasteiger partial charge in [0, 0.05) is 43.9 Å². The second-order valence-corrected chi connectivity index (χ2v) is 10.5. The van der Waals surface area contributed by atoms with E-state index in [1.165, 1.54) is 19.2 Å². The van der Waals surface area contributed by atoms with Crippen molar-refractivity contribution in [3.63, 3.8) is 0 Å². The normalized spacial score (nSPS) is 14.3. The highest BCUT2D eigenvalue weighted by molar-refractivity contribution is 5.86. The first-order chi connectivity index (χ1) is 20.5. The van der Waals surface area contributed by atoms with Crippen LogP contribution in [0.25, 0.3) is 0 Å². The summed E-state index contributed by atoms with van der Waals surface area (Å²) in [4.78, 5) is 32.5. The summed E-state index contributed by atoms with van der Waals surface area (Å²) in [5, 5.41) is 2.92. The van der Waals surface area contributed by atoms with Gasteiger partial charge in [0.25, 0.3) is 0 Å². The average molecular weight is 571 g/mol. The van der Waals surface area contributed by atoms with Gasteiger partial charge < -0.3 is 24.3 Å². The maximum atomic E-state index is 13.2. The molecule has 8 nitrogen and oxygen atoms in total. The molecule has 0 unspecified atom stereocenters. The van der Waals surface area contributed by atoms with Crippen LogP contribution in [-0.2, 0) is 33.9 Å². The van der Waals surface area contributed by atoms with Crippen LogP contribution < -0.4 is 15.0 Å². The van der Waals surface area contributed by atoms with Crippen molar-refractivity contribution in [2.75, 3.05) is 25.1 Å². The molecular formula is C33H35FN4O4. The summed E-state index contributed by atoms with van der Waals surface area (Å²) < 4.78 is 25.9. The van der Waals surface area contributed by atoms with Crippen molar-refractivity contribution in [2.24, 2.45) is 5.92 Å². The van der Waals surface area contributed by atoms with Crippen LogP contribution in [0.4, 0.5) is 10.1 Å². The van der Waals surface area contributed by atoms with Gasteiger partial charge >= 0.3 is 5.97 Å². The molecule has 0 aliphatic carbocycles. The fraction of sp³-hybridized carbons (Fsp3) is 0.303. The maximum Gasteiger partial charge on any atom is 0.328 e. The zero-order valence-corrected chi connectivity index (χ0v) is 23.6. The average Bonchev–Trinajstić information content (AvgIpc) is 3.47. The number of carbonyl (C=O) groups excluding carboxylic acids is 2. The molecule has 1 amide bonds. The number of esters is 1. The second-order valence-electron chi connectivity index (χ2n) is 10.5. The summed E-state index contributed by atoms with van der Waals surface area (Å²) in [5.74, 6) is -0.518. The highest BCUT2D eigenvalue weighted by atomic mass is 19.1. The number of aromatic nitrogens is 2. The van der Waals surface area contributed by atoms with E-state index in [2.05, 4.69) is 21.3 Å². The first-order valence-electron chi connectivity index (χ1n) is 14.1. The molecule has 1 saturated heterocycles. The number of nitrogens with one attached hydrogen (secondary N) is 1. The van der Waals surface area contributed by atoms with Gasteiger partial charge in [-0.1, -0.05) is 42.5 Å². The van der Waals surface area contributed by atoms with E-state index in [0.717, 1.165) is 16.8 Å². The number of nitrogens with zero attached hydrogens (tertiary/aromatic N) is 3. The molecule has 1 aromatic heterocycles. The maximum absolute atomic E-state index is 13.2. The third kappa shape index (κ3) is 7.75. The lowest BCUT2D eigenvalue weighted by Crippen LogP contribution is -2.48. The fourth-order valence-electron chi connectivity index (χ4n) is 5.17. The molecule has 1 aliphatic heterocycles. The topological polar surface area (TPSA) is 85.7 Å². The first-order valence-corrected chi connectivity index (χ1v) is 14.1. The lowest BCUT2D eigenvalue weighted by atomic mass is 9.94. The molecule has 9 heteroatoms. The number of anilines is 1. The van der Waals surface area contributed by atoms with Crippen LogP contribution in [0.15, 0.2) is 91.4 Å². The van der Waals surface area contributed by atoms with E-state index >= 15 is 0 Å². The van der Waals surface area contributed by atoms with Crippen LogP contribution in [0, 0.1) is 11.7 Å². The van der Waals surface area contributed by atoms with Gasteiger partial charge in [0.15, 0.2) is 0 Å². The Kier molecular flexibility index (Phi) is 9.48. The Labute approximate surface area is 245 Å². The summed E-state index contributed by atoms with van der Waals surface area (Å²) in [6.45, 7) is 2.48. The monoisotopic (exact) mass is 570 g/mol. The molecular weight excluding hydrogens is 535 g/mol. The van der Waals surface area contributed by atoms with Crippen LogP contribution in [0.5, 0.6) is 5.75 Å². The standard InChI is InChI=1S/C33H35FN4O4/c1-41-33(40)31(19-28-21-37(23-35-28)20-24-6-3-2-4-7-24)36-32(39)26-14-16-38(17-15-26)29-9-5-8-25(18-29)22-42-30-12-10-27(34)11-13-30/h2-13,18,21,23,26,31H,14-17,19-20,22H2,1H3,(H,36,39)/t31-/m0/s1. The number of carbonyl (C=O) groups is 2. The number of halogens is 1. The van der Waals surface area contributed by atoms with Gasteiger partial charge in [-0.2, -0.15) is 0 Å². The molecule has 0 spiro atoms. The van der Waals surface area contributed by atoms with Gasteiger partial charge in [-0.25, -0.2) is 14.2 Å². The highest BCUT2D eigenvalue weighted by Gasteiger charge is 2.30. The van der Waals surface area contributed by atoms with Gasteiger partial charge in [0.1, 0.15) is 24.2 Å². The zero-order valence-electron chi connectivity index (χ0n) is 23.6. The number of hydrogen-bond acceptors (Lipinski definition) is 6. The van der Waals surface area contributed by atoms with Gasteiger partial charge in [-0.05, 0) is 60.4 Å². The quantitative estimate of drug-likeness (QED) is 0.262. The number of methoxy groups -OCH3 is 1. The van der Waals surface area contributed by atoms with Crippen molar-refractivity contribution in [3.8, 4) is 5.75 Å². The second kappa shape index (κ2) is 13.8. The molecule has 1 N–H and O–H groups in total. The summed E-state index contributed by atoms with van der Waals surface area (Å²) in [5.41, 5.74) is 3.92. The highest BCUT2D eigenvalue weighted by Crippen LogP contribution is 2.25.